The molecule has 1 amide bonds. The average molecular weight is 353 g/mol. The highest BCUT2D eigenvalue weighted by atomic mass is 32.2. The molecule has 5 nitrogen and oxygen atoms in total. The van der Waals surface area contributed by atoms with Crippen molar-refractivity contribution >= 4 is 23.7 Å². The summed E-state index contributed by atoms with van der Waals surface area (Å²) in [5.74, 6) is 0.201. The number of thioether (sulfide) groups is 1. The number of hydrogen-bond acceptors (Lipinski definition) is 5. The number of rotatable bonds is 6. The Balaban J connectivity index is 1.67. The number of carbonyl (C=O) groups excluding carboxylic acids is 1. The molecule has 2 aromatic carbocycles. The lowest BCUT2D eigenvalue weighted by molar-refractivity contribution is -0.115. The topological polar surface area (TPSA) is 68.0 Å². The molecule has 3 aromatic rings. The first-order valence-corrected chi connectivity index (χ1v) is 8.92. The molecule has 128 valence electrons. The summed E-state index contributed by atoms with van der Waals surface area (Å²) in [6.45, 7) is 4.29. The molecule has 3 rings (SSSR count). The van der Waals surface area contributed by atoms with E-state index in [0.717, 1.165) is 16.0 Å². The Kier molecular flexibility index (Phi) is 5.50. The van der Waals surface area contributed by atoms with Crippen molar-refractivity contribution < 1.29 is 9.21 Å². The minimum absolute atomic E-state index is 0.109. The van der Waals surface area contributed by atoms with E-state index < -0.39 is 0 Å². The Labute approximate surface area is 150 Å². The first-order valence-electron chi connectivity index (χ1n) is 8.04. The van der Waals surface area contributed by atoms with Crippen LogP contribution in [0.2, 0.25) is 0 Å². The van der Waals surface area contributed by atoms with Gasteiger partial charge in [-0.15, -0.1) is 16.9 Å². The largest absolute Gasteiger partial charge is 0.403 e. The van der Waals surface area contributed by atoms with E-state index in [0.29, 0.717) is 11.1 Å². The second kappa shape index (κ2) is 7.98. The number of nitrogens with zero attached hydrogens (tertiary/aromatic N) is 2. The van der Waals surface area contributed by atoms with E-state index in [9.17, 15) is 4.79 Å². The van der Waals surface area contributed by atoms with Crippen molar-refractivity contribution in [2.75, 3.05) is 5.32 Å². The molecule has 1 heterocycles. The van der Waals surface area contributed by atoms with Crippen molar-refractivity contribution in [3.8, 4) is 11.5 Å². The standard InChI is InChI=1S/C19H19N3O2S/c1-13(2)25-16-10-6-9-15(12-16)18-21-22-19(24-18)20-17(23)11-14-7-4-3-5-8-14/h3-10,12-13H,11H2,1-2H3,(H,20,22,23). The van der Waals surface area contributed by atoms with Crippen LogP contribution in [-0.4, -0.2) is 21.4 Å². The molecule has 0 bridgehead atoms. The molecule has 0 spiro atoms. The fourth-order valence-electron chi connectivity index (χ4n) is 2.31. The third-order valence-electron chi connectivity index (χ3n) is 3.33. The summed E-state index contributed by atoms with van der Waals surface area (Å²) < 4.78 is 5.57. The zero-order valence-corrected chi connectivity index (χ0v) is 14.9. The Bertz CT molecular complexity index is 847. The van der Waals surface area contributed by atoms with Gasteiger partial charge < -0.3 is 4.42 Å². The maximum absolute atomic E-state index is 12.1. The SMILES string of the molecule is CC(C)Sc1cccc(-c2nnc(NC(=O)Cc3ccccc3)o2)c1. The number of hydrogen-bond donors (Lipinski definition) is 1. The van der Waals surface area contributed by atoms with Crippen molar-refractivity contribution in [1.82, 2.24) is 10.2 Å². The van der Waals surface area contributed by atoms with Crippen LogP contribution in [0.3, 0.4) is 0 Å². The lowest BCUT2D eigenvalue weighted by Crippen LogP contribution is -2.14. The van der Waals surface area contributed by atoms with Crippen LogP contribution in [0.15, 0.2) is 63.9 Å². The molecule has 0 saturated heterocycles. The molecule has 0 fully saturated rings. The second-order valence-electron chi connectivity index (χ2n) is 5.82. The summed E-state index contributed by atoms with van der Waals surface area (Å²) in [5.41, 5.74) is 1.76. The fraction of sp³-hybridized carbons (Fsp3) is 0.211. The van der Waals surface area contributed by atoms with Crippen LogP contribution >= 0.6 is 11.8 Å². The Morgan fingerprint density at radius 1 is 1.12 bits per heavy atom. The average Bonchev–Trinajstić information content (AvgIpc) is 3.04. The molecule has 6 heteroatoms. The zero-order valence-electron chi connectivity index (χ0n) is 14.1. The molecule has 0 unspecified atom stereocenters. The Morgan fingerprint density at radius 2 is 1.92 bits per heavy atom. The van der Waals surface area contributed by atoms with Gasteiger partial charge in [-0.3, -0.25) is 10.1 Å². The quantitative estimate of drug-likeness (QED) is 0.665. The van der Waals surface area contributed by atoms with Crippen LogP contribution in [0.5, 0.6) is 0 Å². The van der Waals surface area contributed by atoms with E-state index in [1.807, 2.05) is 54.6 Å². The monoisotopic (exact) mass is 353 g/mol. The molecule has 25 heavy (non-hydrogen) atoms. The molecule has 0 aliphatic rings. The van der Waals surface area contributed by atoms with E-state index in [1.165, 1.54) is 0 Å². The molecule has 0 radical (unpaired) electrons. The van der Waals surface area contributed by atoms with Crippen molar-refractivity contribution in [2.24, 2.45) is 0 Å². The number of nitrogens with one attached hydrogen (secondary N) is 1. The molecular weight excluding hydrogens is 334 g/mol. The lowest BCUT2D eigenvalue weighted by Gasteiger charge is -2.05. The van der Waals surface area contributed by atoms with Crippen LogP contribution in [0.25, 0.3) is 11.5 Å². The molecule has 1 aromatic heterocycles. The summed E-state index contributed by atoms with van der Waals surface area (Å²) in [7, 11) is 0. The van der Waals surface area contributed by atoms with Gasteiger partial charge in [-0.25, -0.2) is 0 Å². The Morgan fingerprint density at radius 3 is 2.68 bits per heavy atom. The third-order valence-corrected chi connectivity index (χ3v) is 4.33. The fourth-order valence-corrected chi connectivity index (χ4v) is 3.21. The maximum Gasteiger partial charge on any atom is 0.322 e. The van der Waals surface area contributed by atoms with Crippen LogP contribution in [0.1, 0.15) is 19.4 Å². The number of amides is 1. The number of anilines is 1. The third kappa shape index (κ3) is 4.93. The highest BCUT2D eigenvalue weighted by Crippen LogP contribution is 2.28. The van der Waals surface area contributed by atoms with Gasteiger partial charge in [0, 0.05) is 15.7 Å². The second-order valence-corrected chi connectivity index (χ2v) is 7.47. The van der Waals surface area contributed by atoms with E-state index in [2.05, 4.69) is 29.4 Å². The predicted octanol–water partition coefficient (Wildman–Crippen LogP) is 4.42. The molecule has 1 N–H and O–H groups in total. The van der Waals surface area contributed by atoms with Crippen LogP contribution in [0, 0.1) is 0 Å². The predicted molar refractivity (Wildman–Crippen MR) is 99.5 cm³/mol. The van der Waals surface area contributed by atoms with Gasteiger partial charge in [-0.05, 0) is 23.8 Å². The smallest absolute Gasteiger partial charge is 0.322 e. The first-order chi connectivity index (χ1) is 12.1. The Hall–Kier alpha value is -2.60. The van der Waals surface area contributed by atoms with Crippen molar-refractivity contribution in [3.63, 3.8) is 0 Å². The minimum Gasteiger partial charge on any atom is -0.403 e. The van der Waals surface area contributed by atoms with E-state index in [-0.39, 0.29) is 18.3 Å². The summed E-state index contributed by atoms with van der Waals surface area (Å²) in [6.07, 6.45) is 0.263. The molecular formula is C19H19N3O2S. The maximum atomic E-state index is 12.1. The zero-order chi connectivity index (χ0) is 17.6. The minimum atomic E-state index is -0.189. The molecule has 0 saturated carbocycles. The summed E-state index contributed by atoms with van der Waals surface area (Å²) >= 11 is 1.77. The number of carbonyl (C=O) groups is 1. The van der Waals surface area contributed by atoms with Crippen molar-refractivity contribution in [2.45, 2.75) is 30.4 Å². The molecule has 0 aliphatic heterocycles. The van der Waals surface area contributed by atoms with Gasteiger partial charge in [0.1, 0.15) is 0 Å². The molecule has 0 aliphatic carbocycles. The van der Waals surface area contributed by atoms with Crippen LogP contribution in [-0.2, 0) is 11.2 Å². The van der Waals surface area contributed by atoms with Gasteiger partial charge >= 0.3 is 6.01 Å². The van der Waals surface area contributed by atoms with Gasteiger partial charge in [0.25, 0.3) is 0 Å². The highest BCUT2D eigenvalue weighted by molar-refractivity contribution is 7.99. The van der Waals surface area contributed by atoms with Gasteiger partial charge in [0.15, 0.2) is 0 Å². The van der Waals surface area contributed by atoms with Gasteiger partial charge in [-0.1, -0.05) is 55.3 Å². The van der Waals surface area contributed by atoms with E-state index in [1.54, 1.807) is 11.8 Å². The molecule has 0 atom stereocenters. The van der Waals surface area contributed by atoms with Crippen LogP contribution in [0.4, 0.5) is 6.01 Å². The summed E-state index contributed by atoms with van der Waals surface area (Å²) in [5, 5.41) is 11.1. The summed E-state index contributed by atoms with van der Waals surface area (Å²) in [6, 6.07) is 17.5. The lowest BCUT2D eigenvalue weighted by atomic mass is 10.1. The first kappa shape index (κ1) is 17.2. The van der Waals surface area contributed by atoms with Gasteiger partial charge in [0.2, 0.25) is 11.8 Å². The van der Waals surface area contributed by atoms with Gasteiger partial charge in [0.05, 0.1) is 6.42 Å². The van der Waals surface area contributed by atoms with E-state index in [4.69, 9.17) is 4.42 Å². The van der Waals surface area contributed by atoms with Gasteiger partial charge in [-0.2, -0.15) is 0 Å². The van der Waals surface area contributed by atoms with Crippen molar-refractivity contribution in [1.29, 1.82) is 0 Å². The number of benzene rings is 2. The summed E-state index contributed by atoms with van der Waals surface area (Å²) in [4.78, 5) is 13.2. The van der Waals surface area contributed by atoms with Crippen molar-refractivity contribution in [3.05, 3.63) is 60.2 Å². The van der Waals surface area contributed by atoms with E-state index >= 15 is 0 Å². The normalized spacial score (nSPS) is 10.8. The highest BCUT2D eigenvalue weighted by Gasteiger charge is 2.12. The number of aromatic nitrogens is 2. The van der Waals surface area contributed by atoms with Crippen LogP contribution < -0.4 is 5.32 Å².